The minimum Gasteiger partial charge on any atom is -0.411 e. The molecule has 4 heteroatoms. The Balaban J connectivity index is 2.67. The van der Waals surface area contributed by atoms with Gasteiger partial charge in [-0.05, 0) is 19.3 Å². The standard InChI is InChI=1S/C7H12N2O2/c8-7(10)5-3-1-2-4-6(5)9-11/h5,11H,1-4H2,(H2,8,10). The second-order valence-electron chi connectivity index (χ2n) is 2.79. The minimum absolute atomic E-state index is 0.325. The van der Waals surface area contributed by atoms with Crippen molar-refractivity contribution in [1.29, 1.82) is 0 Å². The van der Waals surface area contributed by atoms with Crippen LogP contribution in [0.1, 0.15) is 25.7 Å². The van der Waals surface area contributed by atoms with Crippen molar-refractivity contribution in [3.05, 3.63) is 0 Å². The molecule has 0 aliphatic heterocycles. The van der Waals surface area contributed by atoms with Gasteiger partial charge in [0.1, 0.15) is 0 Å². The van der Waals surface area contributed by atoms with Crippen LogP contribution in [0.5, 0.6) is 0 Å². The zero-order valence-electron chi connectivity index (χ0n) is 6.29. The fourth-order valence-corrected chi connectivity index (χ4v) is 1.42. The molecule has 1 rings (SSSR count). The summed E-state index contributed by atoms with van der Waals surface area (Å²) in [5, 5.41) is 11.6. The molecule has 0 bridgehead atoms. The maximum absolute atomic E-state index is 10.8. The molecular formula is C7H12N2O2. The average Bonchev–Trinajstić information content (AvgIpc) is 2.04. The van der Waals surface area contributed by atoms with Crippen LogP contribution in [0.25, 0.3) is 0 Å². The topological polar surface area (TPSA) is 75.7 Å². The van der Waals surface area contributed by atoms with E-state index >= 15 is 0 Å². The number of amides is 1. The van der Waals surface area contributed by atoms with E-state index in [9.17, 15) is 4.79 Å². The molecule has 1 amide bonds. The normalized spacial score (nSPS) is 28.7. The number of nitrogens with zero attached hydrogens (tertiary/aromatic N) is 1. The van der Waals surface area contributed by atoms with Gasteiger partial charge in [0.2, 0.25) is 5.91 Å². The SMILES string of the molecule is NC(=O)C1CCCCC1=NO. The molecule has 0 spiro atoms. The highest BCUT2D eigenvalue weighted by Gasteiger charge is 2.25. The van der Waals surface area contributed by atoms with Gasteiger partial charge in [-0.3, -0.25) is 4.79 Å². The highest BCUT2D eigenvalue weighted by Crippen LogP contribution is 2.20. The van der Waals surface area contributed by atoms with Crippen molar-refractivity contribution in [1.82, 2.24) is 0 Å². The van der Waals surface area contributed by atoms with Crippen molar-refractivity contribution < 1.29 is 10.0 Å². The molecule has 0 saturated heterocycles. The Bertz CT molecular complexity index is 189. The van der Waals surface area contributed by atoms with Crippen LogP contribution in [0.4, 0.5) is 0 Å². The molecule has 4 nitrogen and oxygen atoms in total. The lowest BCUT2D eigenvalue weighted by molar-refractivity contribution is -0.120. The predicted octanol–water partition coefficient (Wildman–Crippen LogP) is 0.492. The summed E-state index contributed by atoms with van der Waals surface area (Å²) in [6.07, 6.45) is 3.41. The van der Waals surface area contributed by atoms with Gasteiger partial charge in [0.25, 0.3) is 0 Å². The molecular weight excluding hydrogens is 144 g/mol. The Morgan fingerprint density at radius 2 is 2.36 bits per heavy atom. The molecule has 0 aromatic carbocycles. The number of hydrogen-bond donors (Lipinski definition) is 2. The lowest BCUT2D eigenvalue weighted by Crippen LogP contribution is -2.32. The number of carbonyl (C=O) groups excluding carboxylic acids is 1. The van der Waals surface area contributed by atoms with E-state index in [4.69, 9.17) is 10.9 Å². The third-order valence-electron chi connectivity index (χ3n) is 2.05. The summed E-state index contributed by atoms with van der Waals surface area (Å²) in [6, 6.07) is 0. The number of nitrogens with two attached hydrogens (primary N) is 1. The first-order chi connectivity index (χ1) is 5.25. The molecule has 11 heavy (non-hydrogen) atoms. The number of carbonyl (C=O) groups is 1. The van der Waals surface area contributed by atoms with E-state index in [1.54, 1.807) is 0 Å². The van der Waals surface area contributed by atoms with Gasteiger partial charge in [-0.2, -0.15) is 0 Å². The van der Waals surface area contributed by atoms with Crippen LogP contribution in [0.2, 0.25) is 0 Å². The zero-order valence-corrected chi connectivity index (χ0v) is 6.29. The molecule has 0 aromatic rings. The molecule has 1 aliphatic carbocycles. The Kier molecular flexibility index (Phi) is 2.46. The van der Waals surface area contributed by atoms with Crippen LogP contribution >= 0.6 is 0 Å². The zero-order chi connectivity index (χ0) is 8.27. The van der Waals surface area contributed by atoms with E-state index in [1.165, 1.54) is 0 Å². The molecule has 62 valence electrons. The average molecular weight is 156 g/mol. The van der Waals surface area contributed by atoms with Gasteiger partial charge < -0.3 is 10.9 Å². The maximum atomic E-state index is 10.8. The van der Waals surface area contributed by atoms with Gasteiger partial charge in [-0.25, -0.2) is 0 Å². The molecule has 1 fully saturated rings. The summed E-state index contributed by atoms with van der Waals surface area (Å²) in [7, 11) is 0. The van der Waals surface area contributed by atoms with Crippen molar-refractivity contribution in [3.63, 3.8) is 0 Å². The van der Waals surface area contributed by atoms with E-state index < -0.39 is 0 Å². The van der Waals surface area contributed by atoms with Crippen molar-refractivity contribution in [2.75, 3.05) is 0 Å². The van der Waals surface area contributed by atoms with E-state index in [-0.39, 0.29) is 11.8 Å². The molecule has 0 aromatic heterocycles. The summed E-state index contributed by atoms with van der Waals surface area (Å²) in [4.78, 5) is 10.8. The Morgan fingerprint density at radius 1 is 1.64 bits per heavy atom. The molecule has 1 atom stereocenters. The monoisotopic (exact) mass is 156 g/mol. The first-order valence-electron chi connectivity index (χ1n) is 3.76. The van der Waals surface area contributed by atoms with Gasteiger partial charge in [0.15, 0.2) is 0 Å². The molecule has 1 saturated carbocycles. The van der Waals surface area contributed by atoms with E-state index in [1.807, 2.05) is 0 Å². The van der Waals surface area contributed by atoms with Crippen LogP contribution in [-0.4, -0.2) is 16.8 Å². The van der Waals surface area contributed by atoms with Gasteiger partial charge >= 0.3 is 0 Å². The fourth-order valence-electron chi connectivity index (χ4n) is 1.42. The number of rotatable bonds is 1. The van der Waals surface area contributed by atoms with Crippen LogP contribution in [0.15, 0.2) is 5.16 Å². The third kappa shape index (κ3) is 1.69. The smallest absolute Gasteiger partial charge is 0.226 e. The number of hydrogen-bond acceptors (Lipinski definition) is 3. The van der Waals surface area contributed by atoms with Gasteiger partial charge in [0.05, 0.1) is 11.6 Å². The third-order valence-corrected chi connectivity index (χ3v) is 2.05. The Morgan fingerprint density at radius 3 is 2.82 bits per heavy atom. The van der Waals surface area contributed by atoms with Crippen molar-refractivity contribution in [3.8, 4) is 0 Å². The summed E-state index contributed by atoms with van der Waals surface area (Å²) >= 11 is 0. The minimum atomic E-state index is -0.377. The van der Waals surface area contributed by atoms with E-state index in [0.717, 1.165) is 19.3 Å². The van der Waals surface area contributed by atoms with Gasteiger partial charge in [-0.1, -0.05) is 11.6 Å². The molecule has 0 heterocycles. The van der Waals surface area contributed by atoms with E-state index in [2.05, 4.69) is 5.16 Å². The van der Waals surface area contributed by atoms with Gasteiger partial charge in [0, 0.05) is 0 Å². The van der Waals surface area contributed by atoms with Gasteiger partial charge in [-0.15, -0.1) is 0 Å². The highest BCUT2D eigenvalue weighted by molar-refractivity contribution is 6.03. The Hall–Kier alpha value is -1.06. The van der Waals surface area contributed by atoms with Crippen LogP contribution in [0.3, 0.4) is 0 Å². The first kappa shape index (κ1) is 8.04. The Labute approximate surface area is 65.1 Å². The molecule has 0 radical (unpaired) electrons. The molecule has 1 unspecified atom stereocenters. The molecule has 3 N–H and O–H groups in total. The van der Waals surface area contributed by atoms with E-state index in [0.29, 0.717) is 12.1 Å². The van der Waals surface area contributed by atoms with Crippen molar-refractivity contribution in [2.45, 2.75) is 25.7 Å². The first-order valence-corrected chi connectivity index (χ1v) is 3.76. The summed E-state index contributed by atoms with van der Waals surface area (Å²) in [6.45, 7) is 0. The second kappa shape index (κ2) is 3.37. The van der Waals surface area contributed by atoms with Crippen molar-refractivity contribution in [2.24, 2.45) is 16.8 Å². The lowest BCUT2D eigenvalue weighted by atomic mass is 9.87. The summed E-state index contributed by atoms with van der Waals surface area (Å²) in [5.41, 5.74) is 5.65. The molecule has 1 aliphatic rings. The summed E-state index contributed by atoms with van der Waals surface area (Å²) in [5.74, 6) is -0.703. The van der Waals surface area contributed by atoms with Crippen LogP contribution in [0, 0.1) is 5.92 Å². The van der Waals surface area contributed by atoms with Crippen molar-refractivity contribution >= 4 is 11.6 Å². The lowest BCUT2D eigenvalue weighted by Gasteiger charge is -2.19. The van der Waals surface area contributed by atoms with Crippen LogP contribution < -0.4 is 5.73 Å². The summed E-state index contributed by atoms with van der Waals surface area (Å²) < 4.78 is 0. The largest absolute Gasteiger partial charge is 0.411 e. The maximum Gasteiger partial charge on any atom is 0.226 e. The van der Waals surface area contributed by atoms with Crippen LogP contribution in [-0.2, 0) is 4.79 Å². The highest BCUT2D eigenvalue weighted by atomic mass is 16.4. The predicted molar refractivity (Wildman–Crippen MR) is 40.4 cm³/mol. The number of primary amides is 1. The fraction of sp³-hybridized carbons (Fsp3) is 0.714. The second-order valence-corrected chi connectivity index (χ2v) is 2.79. The number of oxime groups is 1. The quantitative estimate of drug-likeness (QED) is 0.428.